The van der Waals surface area contributed by atoms with Crippen LogP contribution in [0.4, 0.5) is 11.4 Å². The van der Waals surface area contributed by atoms with Crippen LogP contribution in [0.2, 0.25) is 0 Å². The molecule has 1 fully saturated rings. The summed E-state index contributed by atoms with van der Waals surface area (Å²) in [6.07, 6.45) is 4.75. The number of hydrogen-bond donors (Lipinski definition) is 2. The van der Waals surface area contributed by atoms with E-state index in [0.717, 1.165) is 18.4 Å². The number of benzene rings is 1. The summed E-state index contributed by atoms with van der Waals surface area (Å²) in [5.41, 5.74) is 1.55. The minimum Gasteiger partial charge on any atom is -0.395 e. The van der Waals surface area contributed by atoms with E-state index < -0.39 is 0 Å². The first-order valence-electron chi connectivity index (χ1n) is 7.45. The molecule has 0 spiro atoms. The molecule has 1 aliphatic rings. The molecule has 6 heteroatoms. The molecule has 21 heavy (non-hydrogen) atoms. The van der Waals surface area contributed by atoms with Gasteiger partial charge in [0.1, 0.15) is 5.69 Å². The van der Waals surface area contributed by atoms with Gasteiger partial charge in [-0.2, -0.15) is 0 Å². The number of aliphatic hydroxyl groups is 1. The summed E-state index contributed by atoms with van der Waals surface area (Å²) in [7, 11) is 1.68. The molecule has 6 nitrogen and oxygen atoms in total. The highest BCUT2D eigenvalue weighted by molar-refractivity contribution is 5.62. The van der Waals surface area contributed by atoms with Crippen molar-refractivity contribution in [2.75, 3.05) is 25.5 Å². The average Bonchev–Trinajstić information content (AvgIpc) is 3.00. The highest BCUT2D eigenvalue weighted by atomic mass is 16.6. The van der Waals surface area contributed by atoms with E-state index in [4.69, 9.17) is 0 Å². The number of aliphatic hydroxyl groups excluding tert-OH is 1. The Hall–Kier alpha value is -1.66. The summed E-state index contributed by atoms with van der Waals surface area (Å²) in [5.74, 6) is 0. The number of hydrogen-bond acceptors (Lipinski definition) is 5. The Morgan fingerprint density at radius 1 is 1.43 bits per heavy atom. The second-order valence-electron chi connectivity index (χ2n) is 5.49. The Kier molecular flexibility index (Phi) is 5.52. The zero-order chi connectivity index (χ0) is 15.2. The van der Waals surface area contributed by atoms with Gasteiger partial charge in [0.2, 0.25) is 0 Å². The molecule has 0 amide bonds. The fourth-order valence-electron chi connectivity index (χ4n) is 3.06. The predicted molar refractivity (Wildman–Crippen MR) is 82.4 cm³/mol. The number of nitro benzene ring substituents is 1. The Bertz CT molecular complexity index is 487. The number of anilines is 1. The SMILES string of the molecule is CNc1ccc(CN(CCO)C2CCCC2)cc1[N+](=O)[O-]. The van der Waals surface area contributed by atoms with E-state index >= 15 is 0 Å². The molecule has 0 saturated heterocycles. The lowest BCUT2D eigenvalue weighted by Crippen LogP contribution is -2.35. The van der Waals surface area contributed by atoms with E-state index in [-0.39, 0.29) is 17.2 Å². The van der Waals surface area contributed by atoms with Gasteiger partial charge in [0.25, 0.3) is 5.69 Å². The molecule has 1 aromatic rings. The summed E-state index contributed by atoms with van der Waals surface area (Å²) >= 11 is 0. The minimum absolute atomic E-state index is 0.102. The molecule has 116 valence electrons. The van der Waals surface area contributed by atoms with E-state index in [1.807, 2.05) is 6.07 Å². The zero-order valence-electron chi connectivity index (χ0n) is 12.4. The fraction of sp³-hybridized carbons (Fsp3) is 0.600. The quantitative estimate of drug-likeness (QED) is 0.596. The number of nitro groups is 1. The summed E-state index contributed by atoms with van der Waals surface area (Å²) in [6, 6.07) is 5.78. The lowest BCUT2D eigenvalue weighted by Gasteiger charge is -2.28. The van der Waals surface area contributed by atoms with E-state index in [0.29, 0.717) is 24.8 Å². The van der Waals surface area contributed by atoms with Crippen molar-refractivity contribution in [3.63, 3.8) is 0 Å². The van der Waals surface area contributed by atoms with Crippen LogP contribution in [-0.4, -0.2) is 41.2 Å². The van der Waals surface area contributed by atoms with Crippen LogP contribution in [0, 0.1) is 10.1 Å². The first-order chi connectivity index (χ1) is 10.2. The lowest BCUT2D eigenvalue weighted by atomic mass is 10.1. The van der Waals surface area contributed by atoms with E-state index in [1.165, 1.54) is 12.8 Å². The molecule has 0 radical (unpaired) electrons. The van der Waals surface area contributed by atoms with Crippen molar-refractivity contribution < 1.29 is 10.0 Å². The molecule has 2 rings (SSSR count). The second kappa shape index (κ2) is 7.38. The molecular weight excluding hydrogens is 270 g/mol. The van der Waals surface area contributed by atoms with Crippen LogP contribution < -0.4 is 5.32 Å². The number of nitrogens with zero attached hydrogens (tertiary/aromatic N) is 2. The van der Waals surface area contributed by atoms with E-state index in [9.17, 15) is 15.2 Å². The van der Waals surface area contributed by atoms with Crippen molar-refractivity contribution in [3.05, 3.63) is 33.9 Å². The fourth-order valence-corrected chi connectivity index (χ4v) is 3.06. The van der Waals surface area contributed by atoms with Crippen molar-refractivity contribution in [1.82, 2.24) is 4.90 Å². The van der Waals surface area contributed by atoms with Crippen LogP contribution >= 0.6 is 0 Å². The molecule has 0 unspecified atom stereocenters. The number of nitrogens with one attached hydrogen (secondary N) is 1. The summed E-state index contributed by atoms with van der Waals surface area (Å²) in [5, 5.41) is 23.2. The molecule has 0 heterocycles. The lowest BCUT2D eigenvalue weighted by molar-refractivity contribution is -0.384. The third kappa shape index (κ3) is 3.92. The number of rotatable bonds is 7. The van der Waals surface area contributed by atoms with Crippen molar-refractivity contribution in [2.24, 2.45) is 0 Å². The average molecular weight is 293 g/mol. The monoisotopic (exact) mass is 293 g/mol. The third-order valence-corrected chi connectivity index (χ3v) is 4.14. The third-order valence-electron chi connectivity index (χ3n) is 4.14. The molecule has 0 atom stereocenters. The van der Waals surface area contributed by atoms with Crippen LogP contribution in [0.1, 0.15) is 31.2 Å². The standard InChI is InChI=1S/C15H23N3O3/c1-16-14-7-6-12(10-15(14)18(20)21)11-17(8-9-19)13-4-2-3-5-13/h6-7,10,13,16,19H,2-5,8-9,11H2,1H3. The molecule has 1 saturated carbocycles. The normalized spacial score (nSPS) is 15.6. The summed E-state index contributed by atoms with van der Waals surface area (Å²) < 4.78 is 0. The van der Waals surface area contributed by atoms with Gasteiger partial charge in [-0.15, -0.1) is 0 Å². The maximum Gasteiger partial charge on any atom is 0.292 e. The molecule has 0 bridgehead atoms. The highest BCUT2D eigenvalue weighted by Crippen LogP contribution is 2.28. The van der Waals surface area contributed by atoms with Gasteiger partial charge in [-0.25, -0.2) is 0 Å². The van der Waals surface area contributed by atoms with E-state index in [2.05, 4.69) is 10.2 Å². The minimum atomic E-state index is -0.360. The van der Waals surface area contributed by atoms with Crippen molar-refractivity contribution in [2.45, 2.75) is 38.3 Å². The van der Waals surface area contributed by atoms with Gasteiger partial charge in [0.05, 0.1) is 11.5 Å². The van der Waals surface area contributed by atoms with Crippen LogP contribution in [-0.2, 0) is 6.54 Å². The summed E-state index contributed by atoms with van der Waals surface area (Å²) in [4.78, 5) is 13.0. The molecule has 0 aromatic heterocycles. The Morgan fingerprint density at radius 3 is 2.71 bits per heavy atom. The van der Waals surface area contributed by atoms with Crippen LogP contribution in [0.15, 0.2) is 18.2 Å². The maximum absolute atomic E-state index is 11.1. The van der Waals surface area contributed by atoms with Gasteiger partial charge in [-0.1, -0.05) is 18.9 Å². The van der Waals surface area contributed by atoms with E-state index in [1.54, 1.807) is 19.2 Å². The van der Waals surface area contributed by atoms with Crippen molar-refractivity contribution >= 4 is 11.4 Å². The van der Waals surface area contributed by atoms with Gasteiger partial charge in [-0.3, -0.25) is 15.0 Å². The second-order valence-corrected chi connectivity index (χ2v) is 5.49. The van der Waals surface area contributed by atoms with Crippen LogP contribution in [0.5, 0.6) is 0 Å². The van der Waals surface area contributed by atoms with Gasteiger partial charge >= 0.3 is 0 Å². The molecule has 1 aliphatic carbocycles. The Labute approximate surface area is 124 Å². The van der Waals surface area contributed by atoms with Gasteiger partial charge in [0.15, 0.2) is 0 Å². The topological polar surface area (TPSA) is 78.6 Å². The van der Waals surface area contributed by atoms with Gasteiger partial charge in [0, 0.05) is 32.2 Å². The zero-order valence-corrected chi connectivity index (χ0v) is 12.4. The summed E-state index contributed by atoms with van der Waals surface area (Å²) in [6.45, 7) is 1.38. The first-order valence-corrected chi connectivity index (χ1v) is 7.45. The van der Waals surface area contributed by atoms with Gasteiger partial charge in [-0.05, 0) is 24.5 Å². The molecular formula is C15H23N3O3. The molecule has 2 N–H and O–H groups in total. The van der Waals surface area contributed by atoms with Crippen LogP contribution in [0.3, 0.4) is 0 Å². The highest BCUT2D eigenvalue weighted by Gasteiger charge is 2.23. The Balaban J connectivity index is 2.16. The largest absolute Gasteiger partial charge is 0.395 e. The first kappa shape index (κ1) is 15.7. The molecule has 1 aromatic carbocycles. The Morgan fingerprint density at radius 2 is 2.14 bits per heavy atom. The van der Waals surface area contributed by atoms with Crippen molar-refractivity contribution in [1.29, 1.82) is 0 Å². The van der Waals surface area contributed by atoms with Gasteiger partial charge < -0.3 is 10.4 Å². The smallest absolute Gasteiger partial charge is 0.292 e. The van der Waals surface area contributed by atoms with Crippen molar-refractivity contribution in [3.8, 4) is 0 Å². The molecule has 0 aliphatic heterocycles. The predicted octanol–water partition coefficient (Wildman–Crippen LogP) is 2.37. The van der Waals surface area contributed by atoms with Crippen LogP contribution in [0.25, 0.3) is 0 Å². The maximum atomic E-state index is 11.1.